The number of carboxylic acid groups (broad SMARTS) is 1. The topological polar surface area (TPSA) is 66.8 Å². The molecule has 0 atom stereocenters. The number of anilines is 1. The van der Waals surface area contributed by atoms with Gasteiger partial charge in [0.15, 0.2) is 0 Å². The molecular weight excluding hydrogens is 222 g/mol. The van der Waals surface area contributed by atoms with Crippen molar-refractivity contribution in [2.45, 2.75) is 13.3 Å². The van der Waals surface area contributed by atoms with Crippen molar-refractivity contribution < 1.29 is 19.4 Å². The van der Waals surface area contributed by atoms with Gasteiger partial charge in [0.2, 0.25) is 5.91 Å². The summed E-state index contributed by atoms with van der Waals surface area (Å²) in [6.45, 7) is 2.70. The highest BCUT2D eigenvalue weighted by molar-refractivity contribution is 5.97. The van der Waals surface area contributed by atoms with Crippen molar-refractivity contribution in [3.63, 3.8) is 0 Å². The van der Waals surface area contributed by atoms with Crippen LogP contribution < -0.4 is 9.64 Å². The van der Waals surface area contributed by atoms with E-state index in [2.05, 4.69) is 0 Å². The van der Waals surface area contributed by atoms with Crippen molar-refractivity contribution in [2.24, 2.45) is 0 Å². The molecule has 1 heterocycles. The molecule has 0 saturated carbocycles. The zero-order chi connectivity index (χ0) is 12.4. The predicted octanol–water partition coefficient (Wildman–Crippen LogP) is 1.52. The van der Waals surface area contributed by atoms with Gasteiger partial charge in [0.25, 0.3) is 0 Å². The number of nitrogens with zero attached hydrogens (tertiary/aromatic N) is 1. The smallest absolute Gasteiger partial charge is 0.335 e. The lowest BCUT2D eigenvalue weighted by molar-refractivity contribution is -0.118. The van der Waals surface area contributed by atoms with Crippen LogP contribution in [-0.4, -0.2) is 30.1 Å². The average Bonchev–Trinajstić information content (AvgIpc) is 2.46. The Balaban J connectivity index is 2.47. The van der Waals surface area contributed by atoms with Crippen molar-refractivity contribution in [1.82, 2.24) is 0 Å². The van der Waals surface area contributed by atoms with Crippen LogP contribution in [0.3, 0.4) is 0 Å². The fourth-order valence-corrected chi connectivity index (χ4v) is 1.85. The summed E-state index contributed by atoms with van der Waals surface area (Å²) >= 11 is 0. The van der Waals surface area contributed by atoms with E-state index in [0.29, 0.717) is 24.4 Å². The van der Waals surface area contributed by atoms with E-state index in [1.54, 1.807) is 11.0 Å². The lowest BCUT2D eigenvalue weighted by atomic mass is 10.1. The fourth-order valence-electron chi connectivity index (χ4n) is 1.85. The summed E-state index contributed by atoms with van der Waals surface area (Å²) in [5.74, 6) is -0.554. The van der Waals surface area contributed by atoms with Gasteiger partial charge < -0.3 is 14.7 Å². The Labute approximate surface area is 98.6 Å². The van der Waals surface area contributed by atoms with Gasteiger partial charge >= 0.3 is 5.97 Å². The van der Waals surface area contributed by atoms with Gasteiger partial charge in [-0.2, -0.15) is 0 Å². The van der Waals surface area contributed by atoms with Gasteiger partial charge in [-0.15, -0.1) is 0 Å². The van der Waals surface area contributed by atoms with E-state index in [1.165, 1.54) is 12.1 Å². The zero-order valence-electron chi connectivity index (χ0n) is 9.47. The monoisotopic (exact) mass is 235 g/mol. The van der Waals surface area contributed by atoms with Crippen molar-refractivity contribution in [2.75, 3.05) is 18.1 Å². The molecule has 0 aromatic heterocycles. The summed E-state index contributed by atoms with van der Waals surface area (Å²) in [7, 11) is 0. The van der Waals surface area contributed by atoms with Crippen LogP contribution in [0.5, 0.6) is 5.75 Å². The molecule has 1 aromatic rings. The van der Waals surface area contributed by atoms with Crippen LogP contribution in [0.1, 0.15) is 23.7 Å². The number of carbonyl (C=O) groups is 2. The third-order valence-electron chi connectivity index (χ3n) is 2.69. The van der Waals surface area contributed by atoms with E-state index >= 15 is 0 Å². The second kappa shape index (κ2) is 4.45. The first-order valence-electron chi connectivity index (χ1n) is 5.44. The Morgan fingerprint density at radius 2 is 2.29 bits per heavy atom. The van der Waals surface area contributed by atoms with E-state index in [9.17, 15) is 9.59 Å². The molecule has 0 fully saturated rings. The van der Waals surface area contributed by atoms with Crippen molar-refractivity contribution in [3.8, 4) is 5.75 Å². The van der Waals surface area contributed by atoms with Crippen LogP contribution >= 0.6 is 0 Å². The molecule has 90 valence electrons. The van der Waals surface area contributed by atoms with Crippen molar-refractivity contribution in [3.05, 3.63) is 23.8 Å². The third kappa shape index (κ3) is 2.08. The minimum absolute atomic E-state index is 0.00525. The average molecular weight is 235 g/mol. The third-order valence-corrected chi connectivity index (χ3v) is 2.69. The number of amides is 1. The van der Waals surface area contributed by atoms with Crippen molar-refractivity contribution >= 4 is 17.6 Å². The van der Waals surface area contributed by atoms with E-state index in [-0.39, 0.29) is 18.1 Å². The van der Waals surface area contributed by atoms with Gasteiger partial charge in [0.1, 0.15) is 5.75 Å². The number of benzene rings is 1. The van der Waals surface area contributed by atoms with Gasteiger partial charge in [-0.05, 0) is 25.1 Å². The molecule has 0 spiro atoms. The van der Waals surface area contributed by atoms with Crippen LogP contribution in [0.15, 0.2) is 18.2 Å². The number of carbonyl (C=O) groups excluding carboxylic acids is 1. The van der Waals surface area contributed by atoms with E-state index in [1.807, 2.05) is 6.92 Å². The molecule has 2 rings (SSSR count). The maximum atomic E-state index is 11.8. The molecule has 17 heavy (non-hydrogen) atoms. The SMILES string of the molecule is CCN1C(=O)CCOc2cc(C(=O)O)ccc21. The molecule has 1 amide bonds. The summed E-state index contributed by atoms with van der Waals surface area (Å²) < 4.78 is 5.42. The van der Waals surface area contributed by atoms with Gasteiger partial charge in [-0.25, -0.2) is 4.79 Å². The van der Waals surface area contributed by atoms with Crippen LogP contribution in [0.4, 0.5) is 5.69 Å². The Hall–Kier alpha value is -2.04. The Bertz CT molecular complexity index is 470. The Kier molecular flexibility index (Phi) is 2.99. The molecule has 0 unspecified atom stereocenters. The number of hydrogen-bond donors (Lipinski definition) is 1. The highest BCUT2D eigenvalue weighted by Crippen LogP contribution is 2.32. The molecule has 5 heteroatoms. The number of aromatic carboxylic acids is 1. The molecule has 0 saturated heterocycles. The highest BCUT2D eigenvalue weighted by Gasteiger charge is 2.22. The minimum atomic E-state index is -1.00. The standard InChI is InChI=1S/C12H13NO4/c1-2-13-9-4-3-8(12(15)16)7-10(9)17-6-5-11(13)14/h3-4,7H,2,5-6H2,1H3,(H,15,16). The van der Waals surface area contributed by atoms with Crippen LogP contribution in [-0.2, 0) is 4.79 Å². The van der Waals surface area contributed by atoms with Crippen molar-refractivity contribution in [1.29, 1.82) is 0 Å². The molecule has 1 aliphatic heterocycles. The summed E-state index contributed by atoms with van der Waals surface area (Å²) in [6.07, 6.45) is 0.310. The molecular formula is C12H13NO4. The van der Waals surface area contributed by atoms with Crippen LogP contribution in [0.25, 0.3) is 0 Å². The molecule has 5 nitrogen and oxygen atoms in total. The first kappa shape index (κ1) is 11.4. The lowest BCUT2D eigenvalue weighted by Crippen LogP contribution is -2.29. The zero-order valence-corrected chi connectivity index (χ0v) is 9.47. The molecule has 1 aromatic carbocycles. The number of hydrogen-bond acceptors (Lipinski definition) is 3. The summed E-state index contributed by atoms with van der Waals surface area (Å²) in [5, 5.41) is 8.90. The van der Waals surface area contributed by atoms with Gasteiger partial charge in [0, 0.05) is 6.54 Å². The molecule has 0 radical (unpaired) electrons. The Morgan fingerprint density at radius 1 is 1.53 bits per heavy atom. The number of carboxylic acids is 1. The molecule has 1 aliphatic rings. The minimum Gasteiger partial charge on any atom is -0.491 e. The van der Waals surface area contributed by atoms with Gasteiger partial charge in [-0.1, -0.05) is 0 Å². The summed E-state index contributed by atoms with van der Waals surface area (Å²) in [5.41, 5.74) is 0.800. The van der Waals surface area contributed by atoms with E-state index < -0.39 is 5.97 Å². The fraction of sp³-hybridized carbons (Fsp3) is 0.333. The maximum Gasteiger partial charge on any atom is 0.335 e. The quantitative estimate of drug-likeness (QED) is 0.843. The maximum absolute atomic E-state index is 11.8. The summed E-state index contributed by atoms with van der Waals surface area (Å²) in [4.78, 5) is 24.2. The van der Waals surface area contributed by atoms with E-state index in [0.717, 1.165) is 0 Å². The van der Waals surface area contributed by atoms with Crippen LogP contribution in [0.2, 0.25) is 0 Å². The molecule has 1 N–H and O–H groups in total. The van der Waals surface area contributed by atoms with Crippen LogP contribution in [0, 0.1) is 0 Å². The first-order chi connectivity index (χ1) is 8.13. The number of fused-ring (bicyclic) bond motifs is 1. The number of rotatable bonds is 2. The lowest BCUT2D eigenvalue weighted by Gasteiger charge is -2.19. The second-order valence-electron chi connectivity index (χ2n) is 3.72. The Morgan fingerprint density at radius 3 is 2.94 bits per heavy atom. The number of ether oxygens (including phenoxy) is 1. The summed E-state index contributed by atoms with van der Waals surface area (Å²) in [6, 6.07) is 4.55. The normalized spacial score (nSPS) is 14.9. The van der Waals surface area contributed by atoms with Gasteiger partial charge in [0.05, 0.1) is 24.3 Å². The molecule has 0 aliphatic carbocycles. The van der Waals surface area contributed by atoms with Gasteiger partial charge in [-0.3, -0.25) is 4.79 Å². The largest absolute Gasteiger partial charge is 0.491 e. The second-order valence-corrected chi connectivity index (χ2v) is 3.72. The highest BCUT2D eigenvalue weighted by atomic mass is 16.5. The first-order valence-corrected chi connectivity index (χ1v) is 5.44. The predicted molar refractivity (Wildman–Crippen MR) is 61.5 cm³/mol. The molecule has 0 bridgehead atoms. The van der Waals surface area contributed by atoms with E-state index in [4.69, 9.17) is 9.84 Å².